The number of fused-ring (bicyclic) bond motifs is 6. The van der Waals surface area contributed by atoms with E-state index in [1.54, 1.807) is 6.92 Å². The molecule has 2 heteroatoms. The minimum absolute atomic E-state index is 0.0512. The summed E-state index contributed by atoms with van der Waals surface area (Å²) in [4.78, 5) is 11.9. The van der Waals surface area contributed by atoms with Crippen LogP contribution in [0.25, 0.3) is 10.8 Å². The summed E-state index contributed by atoms with van der Waals surface area (Å²) in [6.07, 6.45) is 3.82. The van der Waals surface area contributed by atoms with Crippen LogP contribution in [0.1, 0.15) is 24.2 Å². The van der Waals surface area contributed by atoms with Gasteiger partial charge in [-0.25, -0.2) is 0 Å². The molecule has 2 aliphatic heterocycles. The zero-order chi connectivity index (χ0) is 12.3. The Hall–Kier alpha value is -1.93. The Morgan fingerprint density at radius 1 is 1.22 bits per heavy atom. The van der Waals surface area contributed by atoms with Gasteiger partial charge in [-0.2, -0.15) is 0 Å². The highest BCUT2D eigenvalue weighted by molar-refractivity contribution is 5.94. The number of ketones is 1. The molecule has 0 saturated carbocycles. The molecule has 0 amide bonds. The quantitative estimate of drug-likeness (QED) is 0.710. The van der Waals surface area contributed by atoms with E-state index in [1.165, 1.54) is 5.39 Å². The van der Waals surface area contributed by atoms with E-state index in [4.69, 9.17) is 4.74 Å². The molecule has 0 N–H and O–H groups in total. The van der Waals surface area contributed by atoms with Crippen LogP contribution in [0.15, 0.2) is 48.6 Å². The highest BCUT2D eigenvalue weighted by atomic mass is 16.5. The maximum Gasteiger partial charge on any atom is 0.171 e. The van der Waals surface area contributed by atoms with Crippen LogP contribution in [0.3, 0.4) is 0 Å². The van der Waals surface area contributed by atoms with Crippen LogP contribution in [-0.2, 0) is 15.1 Å². The first-order chi connectivity index (χ1) is 8.71. The van der Waals surface area contributed by atoms with Crippen molar-refractivity contribution in [1.29, 1.82) is 0 Å². The number of carbonyl (C=O) groups is 1. The third-order valence-electron chi connectivity index (χ3n) is 3.97. The van der Waals surface area contributed by atoms with E-state index in [2.05, 4.69) is 24.3 Å². The van der Waals surface area contributed by atoms with Gasteiger partial charge in [0.25, 0.3) is 0 Å². The molecule has 2 atom stereocenters. The predicted octanol–water partition coefficient (Wildman–Crippen LogP) is 3.27. The van der Waals surface area contributed by atoms with Crippen molar-refractivity contribution >= 4 is 16.6 Å². The number of carbonyl (C=O) groups excluding carboxylic acids is 1. The molecular formula is C16H12O2. The standard InChI is InChI=1S/C16H12O2/c1-10(17)16-7-6-15(18-16)13-8-11-4-2-3-5-12(11)9-14(13)16/h2-9,15H,1H3/t15-,16-/m1/s1. The van der Waals surface area contributed by atoms with Crippen LogP contribution >= 0.6 is 0 Å². The van der Waals surface area contributed by atoms with Gasteiger partial charge in [0, 0.05) is 5.56 Å². The molecular weight excluding hydrogens is 224 g/mol. The van der Waals surface area contributed by atoms with Crippen LogP contribution in [0.4, 0.5) is 0 Å². The van der Waals surface area contributed by atoms with E-state index in [1.807, 2.05) is 24.3 Å². The molecule has 2 aliphatic rings. The lowest BCUT2D eigenvalue weighted by atomic mass is 9.83. The highest BCUT2D eigenvalue weighted by Gasteiger charge is 2.50. The van der Waals surface area contributed by atoms with Gasteiger partial charge >= 0.3 is 0 Å². The number of hydrogen-bond donors (Lipinski definition) is 0. The van der Waals surface area contributed by atoms with Gasteiger partial charge < -0.3 is 4.74 Å². The third kappa shape index (κ3) is 1.04. The lowest BCUT2D eigenvalue weighted by molar-refractivity contribution is -0.135. The maximum atomic E-state index is 11.9. The lowest BCUT2D eigenvalue weighted by Crippen LogP contribution is -2.29. The Kier molecular flexibility index (Phi) is 1.72. The number of hydrogen-bond acceptors (Lipinski definition) is 2. The van der Waals surface area contributed by atoms with Crippen molar-refractivity contribution in [3.05, 3.63) is 59.7 Å². The van der Waals surface area contributed by atoms with Crippen LogP contribution in [0.2, 0.25) is 0 Å². The zero-order valence-corrected chi connectivity index (χ0v) is 10.0. The molecule has 88 valence electrons. The first kappa shape index (κ1) is 10.0. The molecule has 0 aromatic heterocycles. The normalized spacial score (nSPS) is 27.7. The summed E-state index contributed by atoms with van der Waals surface area (Å²) in [6, 6.07) is 12.4. The Morgan fingerprint density at radius 2 is 1.94 bits per heavy atom. The number of Topliss-reactive ketones (excluding diaryl/α,β-unsaturated/α-hetero) is 1. The molecule has 0 spiro atoms. The molecule has 2 aromatic carbocycles. The van der Waals surface area contributed by atoms with E-state index in [9.17, 15) is 4.79 Å². The second-order valence-corrected chi connectivity index (χ2v) is 4.98. The minimum atomic E-state index is -0.829. The molecule has 0 saturated heterocycles. The Morgan fingerprint density at radius 3 is 2.67 bits per heavy atom. The molecule has 2 bridgehead atoms. The largest absolute Gasteiger partial charge is 0.346 e. The predicted molar refractivity (Wildman–Crippen MR) is 69.3 cm³/mol. The van der Waals surface area contributed by atoms with Gasteiger partial charge in [0.1, 0.15) is 6.10 Å². The second kappa shape index (κ2) is 3.09. The number of benzene rings is 2. The molecule has 4 rings (SSSR count). The van der Waals surface area contributed by atoms with Gasteiger partial charge in [-0.3, -0.25) is 4.79 Å². The van der Waals surface area contributed by atoms with E-state index in [-0.39, 0.29) is 11.9 Å². The Bertz CT molecular complexity index is 714. The van der Waals surface area contributed by atoms with Crippen molar-refractivity contribution < 1.29 is 9.53 Å². The first-order valence-electron chi connectivity index (χ1n) is 6.12. The SMILES string of the molecule is CC(=O)[C@@]12C=C[C@@H](O1)c1cc3ccccc3cc12. The summed E-state index contributed by atoms with van der Waals surface area (Å²) in [5.41, 5.74) is 1.32. The van der Waals surface area contributed by atoms with Gasteiger partial charge in [0.05, 0.1) is 0 Å². The summed E-state index contributed by atoms with van der Waals surface area (Å²) in [6.45, 7) is 1.59. The summed E-state index contributed by atoms with van der Waals surface area (Å²) in [7, 11) is 0. The van der Waals surface area contributed by atoms with Crippen LogP contribution < -0.4 is 0 Å². The maximum absolute atomic E-state index is 11.9. The van der Waals surface area contributed by atoms with E-state index < -0.39 is 5.60 Å². The Labute approximate surface area is 105 Å². The average molecular weight is 236 g/mol. The van der Waals surface area contributed by atoms with Crippen molar-refractivity contribution in [2.75, 3.05) is 0 Å². The molecule has 2 aromatic rings. The average Bonchev–Trinajstić information content (AvgIpc) is 2.95. The van der Waals surface area contributed by atoms with Gasteiger partial charge in [-0.05, 0) is 41.5 Å². The van der Waals surface area contributed by atoms with Gasteiger partial charge in [0.15, 0.2) is 11.4 Å². The van der Waals surface area contributed by atoms with E-state index >= 15 is 0 Å². The monoisotopic (exact) mass is 236 g/mol. The minimum Gasteiger partial charge on any atom is -0.346 e. The summed E-state index contributed by atoms with van der Waals surface area (Å²) < 4.78 is 5.90. The Balaban J connectivity index is 2.07. The molecule has 18 heavy (non-hydrogen) atoms. The smallest absolute Gasteiger partial charge is 0.171 e. The summed E-state index contributed by atoms with van der Waals surface area (Å²) >= 11 is 0. The fraction of sp³-hybridized carbons (Fsp3) is 0.188. The van der Waals surface area contributed by atoms with Gasteiger partial charge in [0.2, 0.25) is 0 Å². The number of rotatable bonds is 1. The lowest BCUT2D eigenvalue weighted by Gasteiger charge is -2.21. The van der Waals surface area contributed by atoms with E-state index in [0.717, 1.165) is 16.5 Å². The van der Waals surface area contributed by atoms with Crippen molar-refractivity contribution in [1.82, 2.24) is 0 Å². The molecule has 2 heterocycles. The van der Waals surface area contributed by atoms with Crippen LogP contribution in [-0.4, -0.2) is 5.78 Å². The fourth-order valence-electron chi connectivity index (χ4n) is 3.03. The molecule has 0 aliphatic carbocycles. The van der Waals surface area contributed by atoms with Crippen molar-refractivity contribution in [3.63, 3.8) is 0 Å². The van der Waals surface area contributed by atoms with Crippen LogP contribution in [0, 0.1) is 0 Å². The zero-order valence-electron chi connectivity index (χ0n) is 10.0. The summed E-state index contributed by atoms with van der Waals surface area (Å²) in [5.74, 6) is 0.0512. The molecule has 2 nitrogen and oxygen atoms in total. The van der Waals surface area contributed by atoms with Gasteiger partial charge in [-0.1, -0.05) is 30.3 Å². The van der Waals surface area contributed by atoms with Crippen LogP contribution in [0.5, 0.6) is 0 Å². The fourth-order valence-corrected chi connectivity index (χ4v) is 3.03. The third-order valence-corrected chi connectivity index (χ3v) is 3.97. The first-order valence-corrected chi connectivity index (χ1v) is 6.12. The summed E-state index contributed by atoms with van der Waals surface area (Å²) in [5, 5.41) is 2.35. The van der Waals surface area contributed by atoms with E-state index in [0.29, 0.717) is 0 Å². The molecule has 0 fully saturated rings. The van der Waals surface area contributed by atoms with Crippen molar-refractivity contribution in [2.24, 2.45) is 0 Å². The van der Waals surface area contributed by atoms with Crippen molar-refractivity contribution in [3.8, 4) is 0 Å². The van der Waals surface area contributed by atoms with Gasteiger partial charge in [-0.15, -0.1) is 0 Å². The highest BCUT2D eigenvalue weighted by Crippen LogP contribution is 2.51. The second-order valence-electron chi connectivity index (χ2n) is 4.98. The van der Waals surface area contributed by atoms with Crippen molar-refractivity contribution in [2.45, 2.75) is 18.6 Å². The number of ether oxygens (including phenoxy) is 1. The molecule has 0 radical (unpaired) electrons. The molecule has 0 unspecified atom stereocenters. The topological polar surface area (TPSA) is 26.3 Å².